The molecule has 1 heterocycles. The molecule has 1 saturated heterocycles. The Balaban J connectivity index is 0.00000392. The first-order chi connectivity index (χ1) is 13.0. The van der Waals surface area contributed by atoms with Crippen molar-refractivity contribution in [2.75, 3.05) is 40.8 Å². The van der Waals surface area contributed by atoms with Crippen LogP contribution in [0.15, 0.2) is 35.3 Å². The fraction of sp³-hybridized carbons (Fsp3) is 0.550. The van der Waals surface area contributed by atoms with Gasteiger partial charge in [0.05, 0.1) is 13.0 Å². The molecule has 1 aliphatic rings. The number of hydrogen-bond donors (Lipinski definition) is 1. The standard InChI is InChI=1S/C20H30N4O3.HI/c1-21-20(24-13-10-17(11-14-24)19(26)27-3)22-12-9-18(25)23(2)15-16-7-5-4-6-8-16;/h4-8,17H,9-15H2,1-3H3,(H,21,22);1H. The smallest absolute Gasteiger partial charge is 0.308 e. The van der Waals surface area contributed by atoms with Crippen LogP contribution in [-0.2, 0) is 20.9 Å². The lowest BCUT2D eigenvalue weighted by Gasteiger charge is -2.33. The van der Waals surface area contributed by atoms with Gasteiger partial charge in [0.2, 0.25) is 5.91 Å². The zero-order valence-corrected chi connectivity index (χ0v) is 19.2. The molecule has 0 aliphatic carbocycles. The van der Waals surface area contributed by atoms with Crippen molar-refractivity contribution in [2.45, 2.75) is 25.8 Å². The number of amides is 1. The van der Waals surface area contributed by atoms with E-state index in [1.807, 2.05) is 37.4 Å². The Bertz CT molecular complexity index is 646. The van der Waals surface area contributed by atoms with E-state index >= 15 is 0 Å². The van der Waals surface area contributed by atoms with Crippen LogP contribution in [0.5, 0.6) is 0 Å². The summed E-state index contributed by atoms with van der Waals surface area (Å²) in [6.07, 6.45) is 1.92. The summed E-state index contributed by atoms with van der Waals surface area (Å²) < 4.78 is 4.82. The lowest BCUT2D eigenvalue weighted by molar-refractivity contribution is -0.146. The lowest BCUT2D eigenvalue weighted by Crippen LogP contribution is -2.47. The van der Waals surface area contributed by atoms with E-state index in [4.69, 9.17) is 4.74 Å². The molecule has 0 bridgehead atoms. The summed E-state index contributed by atoms with van der Waals surface area (Å²) in [7, 11) is 4.99. The molecule has 156 valence electrons. The number of likely N-dealkylation sites (tertiary alicyclic amines) is 1. The van der Waals surface area contributed by atoms with Gasteiger partial charge in [-0.3, -0.25) is 14.6 Å². The number of nitrogens with zero attached hydrogens (tertiary/aromatic N) is 3. The van der Waals surface area contributed by atoms with Crippen molar-refractivity contribution in [1.29, 1.82) is 0 Å². The number of ether oxygens (including phenoxy) is 1. The van der Waals surface area contributed by atoms with Crippen molar-refractivity contribution in [3.63, 3.8) is 0 Å². The number of benzene rings is 1. The highest BCUT2D eigenvalue weighted by molar-refractivity contribution is 14.0. The van der Waals surface area contributed by atoms with Crippen LogP contribution >= 0.6 is 24.0 Å². The van der Waals surface area contributed by atoms with Gasteiger partial charge in [0.1, 0.15) is 0 Å². The average molecular weight is 502 g/mol. The van der Waals surface area contributed by atoms with Gasteiger partial charge in [-0.25, -0.2) is 0 Å². The van der Waals surface area contributed by atoms with E-state index in [1.54, 1.807) is 11.9 Å². The second kappa shape index (κ2) is 12.6. The van der Waals surface area contributed by atoms with Crippen molar-refractivity contribution in [3.05, 3.63) is 35.9 Å². The number of rotatable bonds is 6. The van der Waals surface area contributed by atoms with Crippen LogP contribution < -0.4 is 5.32 Å². The molecule has 1 fully saturated rings. The third kappa shape index (κ3) is 7.29. The van der Waals surface area contributed by atoms with Crippen molar-refractivity contribution < 1.29 is 14.3 Å². The molecule has 2 rings (SSSR count). The molecule has 1 aromatic carbocycles. The summed E-state index contributed by atoms with van der Waals surface area (Å²) in [6, 6.07) is 9.95. The second-order valence-electron chi connectivity index (χ2n) is 6.74. The van der Waals surface area contributed by atoms with Crippen molar-refractivity contribution in [1.82, 2.24) is 15.1 Å². The van der Waals surface area contributed by atoms with Gasteiger partial charge in [0, 0.05) is 46.7 Å². The predicted molar refractivity (Wildman–Crippen MR) is 121 cm³/mol. The van der Waals surface area contributed by atoms with E-state index in [2.05, 4.69) is 15.2 Å². The Labute approximate surface area is 184 Å². The first-order valence-electron chi connectivity index (χ1n) is 9.36. The second-order valence-corrected chi connectivity index (χ2v) is 6.74. The Morgan fingerprint density at radius 2 is 1.89 bits per heavy atom. The largest absolute Gasteiger partial charge is 0.469 e. The number of halogens is 1. The van der Waals surface area contributed by atoms with Crippen LogP contribution in [0.25, 0.3) is 0 Å². The maximum Gasteiger partial charge on any atom is 0.308 e. The van der Waals surface area contributed by atoms with Crippen LogP contribution in [-0.4, -0.2) is 68.5 Å². The molecule has 8 heteroatoms. The van der Waals surface area contributed by atoms with Gasteiger partial charge in [0.15, 0.2) is 5.96 Å². The third-order valence-corrected chi connectivity index (χ3v) is 4.85. The van der Waals surface area contributed by atoms with E-state index in [0.29, 0.717) is 19.5 Å². The van der Waals surface area contributed by atoms with Crippen molar-refractivity contribution in [3.8, 4) is 0 Å². The highest BCUT2D eigenvalue weighted by atomic mass is 127. The Kier molecular flexibility index (Phi) is 10.9. The molecule has 0 saturated carbocycles. The van der Waals surface area contributed by atoms with E-state index in [9.17, 15) is 9.59 Å². The van der Waals surface area contributed by atoms with E-state index in [1.165, 1.54) is 7.11 Å². The molecular formula is C20H31IN4O3. The molecule has 28 heavy (non-hydrogen) atoms. The van der Waals surface area contributed by atoms with Gasteiger partial charge in [-0.15, -0.1) is 24.0 Å². The summed E-state index contributed by atoms with van der Waals surface area (Å²) in [5, 5.41) is 3.26. The summed E-state index contributed by atoms with van der Waals surface area (Å²) in [6.45, 7) is 2.64. The number of carbonyl (C=O) groups is 2. The fourth-order valence-electron chi connectivity index (χ4n) is 3.24. The fourth-order valence-corrected chi connectivity index (χ4v) is 3.24. The molecular weight excluding hydrogens is 471 g/mol. The number of aliphatic imine (C=N–C) groups is 1. The van der Waals surface area contributed by atoms with Gasteiger partial charge in [-0.1, -0.05) is 30.3 Å². The van der Waals surface area contributed by atoms with Crippen LogP contribution in [0, 0.1) is 5.92 Å². The number of nitrogens with one attached hydrogen (secondary N) is 1. The topological polar surface area (TPSA) is 74.2 Å². The quantitative estimate of drug-likeness (QED) is 0.279. The molecule has 1 aromatic rings. The Morgan fingerprint density at radius 1 is 1.25 bits per heavy atom. The summed E-state index contributed by atoms with van der Waals surface area (Å²) >= 11 is 0. The minimum Gasteiger partial charge on any atom is -0.469 e. The first kappa shape index (κ1) is 24.2. The minimum absolute atomic E-state index is 0. The first-order valence-corrected chi connectivity index (χ1v) is 9.36. The number of methoxy groups -OCH3 is 1. The molecule has 0 radical (unpaired) electrons. The summed E-state index contributed by atoms with van der Waals surface area (Å²) in [5.74, 6) is 0.699. The molecule has 0 unspecified atom stereocenters. The maximum atomic E-state index is 12.3. The molecule has 0 aromatic heterocycles. The Hall–Kier alpha value is -1.84. The predicted octanol–water partition coefficient (Wildman–Crippen LogP) is 2.11. The molecule has 1 amide bonds. The van der Waals surface area contributed by atoms with Crippen LogP contribution in [0.1, 0.15) is 24.8 Å². The SMILES string of the molecule is CN=C(NCCC(=O)N(C)Cc1ccccc1)N1CCC(C(=O)OC)CC1.I. The number of carbonyl (C=O) groups excluding carboxylic acids is 2. The summed E-state index contributed by atoms with van der Waals surface area (Å²) in [4.78, 5) is 32.1. The number of hydrogen-bond acceptors (Lipinski definition) is 4. The molecule has 0 spiro atoms. The number of guanidine groups is 1. The van der Waals surface area contributed by atoms with Crippen LogP contribution in [0.3, 0.4) is 0 Å². The van der Waals surface area contributed by atoms with Gasteiger partial charge in [-0.2, -0.15) is 0 Å². The summed E-state index contributed by atoms with van der Waals surface area (Å²) in [5.41, 5.74) is 1.12. The molecule has 1 N–H and O–H groups in total. The van der Waals surface area contributed by atoms with Gasteiger partial charge in [0.25, 0.3) is 0 Å². The molecule has 0 atom stereocenters. The van der Waals surface area contributed by atoms with Gasteiger partial charge < -0.3 is 19.9 Å². The Morgan fingerprint density at radius 3 is 2.46 bits per heavy atom. The lowest BCUT2D eigenvalue weighted by atomic mass is 9.97. The maximum absolute atomic E-state index is 12.3. The van der Waals surface area contributed by atoms with Gasteiger partial charge in [-0.05, 0) is 18.4 Å². The van der Waals surface area contributed by atoms with E-state index < -0.39 is 0 Å². The number of piperidine rings is 1. The van der Waals surface area contributed by atoms with Crippen molar-refractivity contribution in [2.24, 2.45) is 10.9 Å². The number of esters is 1. The van der Waals surface area contributed by atoms with Crippen molar-refractivity contribution >= 4 is 41.8 Å². The monoisotopic (exact) mass is 502 g/mol. The average Bonchev–Trinajstić information content (AvgIpc) is 2.71. The van der Waals surface area contributed by atoms with Crippen LogP contribution in [0.2, 0.25) is 0 Å². The highest BCUT2D eigenvalue weighted by Crippen LogP contribution is 2.18. The van der Waals surface area contributed by atoms with E-state index in [0.717, 1.165) is 37.5 Å². The third-order valence-electron chi connectivity index (χ3n) is 4.85. The minimum atomic E-state index is -0.135. The zero-order valence-electron chi connectivity index (χ0n) is 16.9. The zero-order chi connectivity index (χ0) is 19.6. The highest BCUT2D eigenvalue weighted by Gasteiger charge is 2.26. The van der Waals surface area contributed by atoms with Crippen LogP contribution in [0.4, 0.5) is 0 Å². The van der Waals surface area contributed by atoms with E-state index in [-0.39, 0.29) is 41.8 Å². The molecule has 1 aliphatic heterocycles. The van der Waals surface area contributed by atoms with Gasteiger partial charge >= 0.3 is 5.97 Å². The normalized spacial score (nSPS) is 14.8. The molecule has 7 nitrogen and oxygen atoms in total.